The highest BCUT2D eigenvalue weighted by atomic mass is 79.9. The Bertz CT molecular complexity index is 470. The average molecular weight is 343 g/mol. The van der Waals surface area contributed by atoms with Crippen LogP contribution in [0, 0.1) is 0 Å². The van der Waals surface area contributed by atoms with Gasteiger partial charge in [-0.15, -0.1) is 0 Å². The second-order valence-corrected chi connectivity index (χ2v) is 6.58. The lowest BCUT2D eigenvalue weighted by Gasteiger charge is -2.24. The van der Waals surface area contributed by atoms with Gasteiger partial charge in [0.25, 0.3) is 0 Å². The lowest BCUT2D eigenvalue weighted by molar-refractivity contribution is 0.0275. The van der Waals surface area contributed by atoms with Gasteiger partial charge in [0, 0.05) is 13.0 Å². The summed E-state index contributed by atoms with van der Waals surface area (Å²) in [6.07, 6.45) is 2.18. The summed E-state index contributed by atoms with van der Waals surface area (Å²) in [7, 11) is 0. The molecule has 0 radical (unpaired) electrons. The lowest BCUT2D eigenvalue weighted by Crippen LogP contribution is -2.36. The molecule has 1 saturated heterocycles. The van der Waals surface area contributed by atoms with Crippen LogP contribution in [0.25, 0.3) is 0 Å². The SMILES string of the molecule is CC(C)(C)OC(=O)N1CC[C@H](Oc2ccc(Br)nc2)C1. The number of amides is 1. The zero-order chi connectivity index (χ0) is 14.8. The fourth-order valence-corrected chi connectivity index (χ4v) is 2.18. The second kappa shape index (κ2) is 5.99. The quantitative estimate of drug-likeness (QED) is 0.774. The first-order valence-corrected chi connectivity index (χ1v) is 7.39. The summed E-state index contributed by atoms with van der Waals surface area (Å²) in [5.74, 6) is 0.712. The van der Waals surface area contributed by atoms with Crippen molar-refractivity contribution in [3.8, 4) is 5.75 Å². The van der Waals surface area contributed by atoms with E-state index in [1.165, 1.54) is 0 Å². The van der Waals surface area contributed by atoms with Crippen molar-refractivity contribution in [3.63, 3.8) is 0 Å². The van der Waals surface area contributed by atoms with E-state index in [-0.39, 0.29) is 12.2 Å². The summed E-state index contributed by atoms with van der Waals surface area (Å²) in [5, 5.41) is 0. The number of likely N-dealkylation sites (tertiary alicyclic amines) is 1. The maximum absolute atomic E-state index is 11.9. The highest BCUT2D eigenvalue weighted by Gasteiger charge is 2.30. The first kappa shape index (κ1) is 15.1. The van der Waals surface area contributed by atoms with E-state index in [1.807, 2.05) is 32.9 Å². The molecule has 0 N–H and O–H groups in total. The molecule has 0 saturated carbocycles. The topological polar surface area (TPSA) is 51.7 Å². The molecule has 6 heteroatoms. The molecule has 1 aromatic heterocycles. The number of hydrogen-bond donors (Lipinski definition) is 0. The van der Waals surface area contributed by atoms with Crippen LogP contribution in [0.1, 0.15) is 27.2 Å². The molecule has 2 heterocycles. The van der Waals surface area contributed by atoms with E-state index < -0.39 is 5.60 Å². The molecule has 5 nitrogen and oxygen atoms in total. The zero-order valence-electron chi connectivity index (χ0n) is 11.9. The number of rotatable bonds is 2. The molecule has 0 aliphatic carbocycles. The Balaban J connectivity index is 1.86. The third-order valence-corrected chi connectivity index (χ3v) is 3.27. The number of halogens is 1. The molecular weight excluding hydrogens is 324 g/mol. The molecule has 0 unspecified atom stereocenters. The maximum atomic E-state index is 11.9. The molecule has 1 aliphatic rings. The van der Waals surface area contributed by atoms with Crippen LogP contribution in [-0.4, -0.2) is 40.8 Å². The molecule has 1 amide bonds. The van der Waals surface area contributed by atoms with Crippen LogP contribution < -0.4 is 4.74 Å². The van der Waals surface area contributed by atoms with E-state index in [4.69, 9.17) is 9.47 Å². The van der Waals surface area contributed by atoms with Crippen LogP contribution in [0.2, 0.25) is 0 Å². The van der Waals surface area contributed by atoms with Crippen LogP contribution in [0.3, 0.4) is 0 Å². The van der Waals surface area contributed by atoms with E-state index in [0.29, 0.717) is 18.8 Å². The molecule has 0 spiro atoms. The van der Waals surface area contributed by atoms with Crippen LogP contribution >= 0.6 is 15.9 Å². The number of ether oxygens (including phenoxy) is 2. The standard InChI is InChI=1S/C14H19BrN2O3/c1-14(2,3)20-13(18)17-7-6-11(9-17)19-10-4-5-12(15)16-8-10/h4-5,8,11H,6-7,9H2,1-3H3/t11-/m0/s1. The van der Waals surface area contributed by atoms with Crippen molar-refractivity contribution in [2.24, 2.45) is 0 Å². The van der Waals surface area contributed by atoms with E-state index in [1.54, 1.807) is 11.1 Å². The van der Waals surface area contributed by atoms with Gasteiger partial charge in [0.2, 0.25) is 0 Å². The van der Waals surface area contributed by atoms with Crippen molar-refractivity contribution in [2.75, 3.05) is 13.1 Å². The van der Waals surface area contributed by atoms with E-state index in [9.17, 15) is 4.79 Å². The third kappa shape index (κ3) is 4.37. The van der Waals surface area contributed by atoms with Gasteiger partial charge in [-0.3, -0.25) is 0 Å². The summed E-state index contributed by atoms with van der Waals surface area (Å²) in [6, 6.07) is 3.68. The molecule has 1 atom stereocenters. The highest BCUT2D eigenvalue weighted by Crippen LogP contribution is 2.20. The maximum Gasteiger partial charge on any atom is 0.410 e. The van der Waals surface area contributed by atoms with Crippen molar-refractivity contribution < 1.29 is 14.3 Å². The molecule has 20 heavy (non-hydrogen) atoms. The fourth-order valence-electron chi connectivity index (χ4n) is 1.94. The van der Waals surface area contributed by atoms with Gasteiger partial charge in [0.15, 0.2) is 0 Å². The van der Waals surface area contributed by atoms with E-state index >= 15 is 0 Å². The zero-order valence-corrected chi connectivity index (χ0v) is 13.5. The normalized spacial score (nSPS) is 19.0. The first-order chi connectivity index (χ1) is 9.33. The van der Waals surface area contributed by atoms with E-state index in [0.717, 1.165) is 11.0 Å². The Morgan fingerprint density at radius 1 is 1.45 bits per heavy atom. The highest BCUT2D eigenvalue weighted by molar-refractivity contribution is 9.10. The van der Waals surface area contributed by atoms with Crippen molar-refractivity contribution in [3.05, 3.63) is 22.9 Å². The largest absolute Gasteiger partial charge is 0.487 e. The minimum atomic E-state index is -0.467. The van der Waals surface area contributed by atoms with E-state index in [2.05, 4.69) is 20.9 Å². The van der Waals surface area contributed by atoms with Gasteiger partial charge in [0.05, 0.1) is 12.7 Å². The summed E-state index contributed by atoms with van der Waals surface area (Å²) >= 11 is 3.28. The molecule has 1 fully saturated rings. The summed E-state index contributed by atoms with van der Waals surface area (Å²) in [4.78, 5) is 17.7. The summed E-state index contributed by atoms with van der Waals surface area (Å²) < 4.78 is 11.9. The predicted molar refractivity (Wildman–Crippen MR) is 78.8 cm³/mol. The van der Waals surface area contributed by atoms with Gasteiger partial charge in [0.1, 0.15) is 22.1 Å². The minimum Gasteiger partial charge on any atom is -0.487 e. The first-order valence-electron chi connectivity index (χ1n) is 6.59. The fraction of sp³-hybridized carbons (Fsp3) is 0.571. The second-order valence-electron chi connectivity index (χ2n) is 5.77. The molecule has 1 aromatic rings. The van der Waals surface area contributed by atoms with Gasteiger partial charge in [-0.1, -0.05) is 0 Å². The average Bonchev–Trinajstić information content (AvgIpc) is 2.79. The summed E-state index contributed by atoms with van der Waals surface area (Å²) in [6.45, 7) is 6.79. The molecule has 1 aliphatic heterocycles. The smallest absolute Gasteiger partial charge is 0.410 e. The van der Waals surface area contributed by atoms with Gasteiger partial charge in [-0.25, -0.2) is 9.78 Å². The van der Waals surface area contributed by atoms with Crippen LogP contribution in [0.15, 0.2) is 22.9 Å². The number of carbonyl (C=O) groups excluding carboxylic acids is 1. The Morgan fingerprint density at radius 3 is 2.80 bits per heavy atom. The number of hydrogen-bond acceptors (Lipinski definition) is 4. The van der Waals surface area contributed by atoms with Gasteiger partial charge in [-0.2, -0.15) is 0 Å². The Labute approximate surface area is 127 Å². The summed E-state index contributed by atoms with van der Waals surface area (Å²) in [5.41, 5.74) is -0.467. The van der Waals surface area contributed by atoms with Crippen molar-refractivity contribution in [1.29, 1.82) is 0 Å². The molecule has 110 valence electrons. The van der Waals surface area contributed by atoms with Crippen LogP contribution in [-0.2, 0) is 4.74 Å². The van der Waals surface area contributed by atoms with Crippen molar-refractivity contribution >= 4 is 22.0 Å². The van der Waals surface area contributed by atoms with Crippen molar-refractivity contribution in [1.82, 2.24) is 9.88 Å². The molecular formula is C14H19BrN2O3. The number of aromatic nitrogens is 1. The number of carbonyl (C=O) groups is 1. The van der Waals surface area contributed by atoms with Gasteiger partial charge < -0.3 is 14.4 Å². The molecule has 0 aromatic carbocycles. The van der Waals surface area contributed by atoms with Gasteiger partial charge in [-0.05, 0) is 48.8 Å². The third-order valence-electron chi connectivity index (χ3n) is 2.80. The minimum absolute atomic E-state index is 0.00880. The van der Waals surface area contributed by atoms with Crippen LogP contribution in [0.5, 0.6) is 5.75 Å². The predicted octanol–water partition coefficient (Wildman–Crippen LogP) is 3.23. The Morgan fingerprint density at radius 2 is 2.20 bits per heavy atom. The van der Waals surface area contributed by atoms with Crippen LogP contribution in [0.4, 0.5) is 4.79 Å². The lowest BCUT2D eigenvalue weighted by atomic mass is 10.2. The molecule has 2 rings (SSSR count). The number of nitrogens with zero attached hydrogens (tertiary/aromatic N) is 2. The molecule has 0 bridgehead atoms. The monoisotopic (exact) mass is 342 g/mol. The Kier molecular flexibility index (Phi) is 4.52. The van der Waals surface area contributed by atoms with Gasteiger partial charge >= 0.3 is 6.09 Å². The Hall–Kier alpha value is -1.30. The van der Waals surface area contributed by atoms with Crippen molar-refractivity contribution in [2.45, 2.75) is 38.9 Å². The number of pyridine rings is 1.